The Hall–Kier alpha value is -1.04. The molecule has 17 heavy (non-hydrogen) atoms. The van der Waals surface area contributed by atoms with Crippen molar-refractivity contribution in [3.63, 3.8) is 0 Å². The van der Waals surface area contributed by atoms with E-state index in [9.17, 15) is 4.79 Å². The van der Waals surface area contributed by atoms with Crippen molar-refractivity contribution in [1.82, 2.24) is 0 Å². The number of nitrogens with two attached hydrogens (primary N) is 1. The van der Waals surface area contributed by atoms with Gasteiger partial charge in [-0.25, -0.2) is 0 Å². The zero-order valence-corrected chi connectivity index (χ0v) is 11.2. The molecule has 0 aromatic heterocycles. The van der Waals surface area contributed by atoms with Gasteiger partial charge in [0.05, 0.1) is 0 Å². The number of carbonyl (C=O) groups is 1. The van der Waals surface area contributed by atoms with Crippen molar-refractivity contribution < 1.29 is 13.6 Å². The van der Waals surface area contributed by atoms with Gasteiger partial charge in [-0.1, -0.05) is 18.2 Å². The maximum absolute atomic E-state index is 10.8. The molecular weight excluding hydrogens is 238 g/mol. The molecule has 0 fully saturated rings. The molecule has 4 nitrogen and oxygen atoms in total. The van der Waals surface area contributed by atoms with E-state index in [0.29, 0.717) is 6.42 Å². The minimum atomic E-state index is -2.36. The van der Waals surface area contributed by atoms with E-state index in [1.165, 1.54) is 16.7 Å². The molecule has 0 heterocycles. The Morgan fingerprint density at radius 3 is 2.29 bits per heavy atom. The Morgan fingerprint density at radius 2 is 1.88 bits per heavy atom. The Balaban J connectivity index is 0.000000557. The highest BCUT2D eigenvalue weighted by molar-refractivity contribution is 7.76. The molecule has 1 unspecified atom stereocenters. The Bertz CT molecular complexity index is 401. The third-order valence-electron chi connectivity index (χ3n) is 2.34. The standard InChI is InChI=1S/C12H16O.H3NO2S/c1-9-4-6-12(8-10(9)2)7-5-11(3)13;1-4(2)3/h4,6,8H,5,7H2,1-3H3;1H2,(H,2,3)/p-1. The van der Waals surface area contributed by atoms with Crippen LogP contribution >= 0.6 is 0 Å². The molecule has 0 spiro atoms. The largest absolute Gasteiger partial charge is 0.760 e. The van der Waals surface area contributed by atoms with Crippen LogP contribution in [0.15, 0.2) is 18.2 Å². The highest BCUT2D eigenvalue weighted by atomic mass is 32.2. The summed E-state index contributed by atoms with van der Waals surface area (Å²) in [5, 5.41) is 4.03. The van der Waals surface area contributed by atoms with E-state index < -0.39 is 11.3 Å². The fraction of sp³-hybridized carbons (Fsp3) is 0.417. The van der Waals surface area contributed by atoms with Crippen LogP contribution in [0, 0.1) is 13.8 Å². The van der Waals surface area contributed by atoms with Crippen molar-refractivity contribution in [1.29, 1.82) is 0 Å². The van der Waals surface area contributed by atoms with Crippen molar-refractivity contribution in [2.45, 2.75) is 33.6 Å². The van der Waals surface area contributed by atoms with Crippen molar-refractivity contribution in [2.24, 2.45) is 5.14 Å². The van der Waals surface area contributed by atoms with E-state index in [4.69, 9.17) is 8.76 Å². The molecule has 96 valence electrons. The van der Waals surface area contributed by atoms with Crippen molar-refractivity contribution in [2.75, 3.05) is 0 Å². The van der Waals surface area contributed by atoms with Crippen molar-refractivity contribution in [3.05, 3.63) is 34.9 Å². The van der Waals surface area contributed by atoms with E-state index in [0.717, 1.165) is 6.42 Å². The second-order valence-corrected chi connectivity index (χ2v) is 4.40. The maximum Gasteiger partial charge on any atom is 0.130 e. The third kappa shape index (κ3) is 8.74. The molecule has 1 rings (SSSR count). The summed E-state index contributed by atoms with van der Waals surface area (Å²) in [6.45, 7) is 5.84. The van der Waals surface area contributed by atoms with Crippen LogP contribution in [0.4, 0.5) is 0 Å². The van der Waals surface area contributed by atoms with Gasteiger partial charge >= 0.3 is 0 Å². The van der Waals surface area contributed by atoms with Crippen LogP contribution in [0.3, 0.4) is 0 Å². The maximum atomic E-state index is 10.8. The minimum absolute atomic E-state index is 0.262. The molecule has 5 heteroatoms. The monoisotopic (exact) mass is 256 g/mol. The van der Waals surface area contributed by atoms with Gasteiger partial charge in [0.25, 0.3) is 0 Å². The quantitative estimate of drug-likeness (QED) is 0.833. The van der Waals surface area contributed by atoms with Gasteiger partial charge in [0.2, 0.25) is 0 Å². The molecule has 0 saturated carbocycles. The van der Waals surface area contributed by atoms with E-state index in [1.807, 2.05) is 0 Å². The van der Waals surface area contributed by atoms with E-state index in [2.05, 4.69) is 37.2 Å². The lowest BCUT2D eigenvalue weighted by Gasteiger charge is -2.03. The van der Waals surface area contributed by atoms with Gasteiger partial charge in [0, 0.05) is 17.7 Å². The van der Waals surface area contributed by atoms with Crippen LogP contribution in [0.1, 0.15) is 30.0 Å². The number of hydrogen-bond acceptors (Lipinski definition) is 3. The summed E-state index contributed by atoms with van der Waals surface area (Å²) >= 11 is -2.36. The first kappa shape index (κ1) is 16.0. The normalized spacial score (nSPS) is 11.4. The van der Waals surface area contributed by atoms with E-state index >= 15 is 0 Å². The molecule has 1 aromatic rings. The van der Waals surface area contributed by atoms with E-state index in [-0.39, 0.29) is 5.78 Å². The predicted octanol–water partition coefficient (Wildman–Crippen LogP) is 1.56. The van der Waals surface area contributed by atoms with Gasteiger partial charge < -0.3 is 9.35 Å². The molecule has 0 aliphatic rings. The number of hydrogen-bond donors (Lipinski definition) is 1. The number of aryl methyl sites for hydroxylation is 3. The number of Topliss-reactive ketones (excluding diaryl/α,β-unsaturated/α-hetero) is 1. The molecule has 1 aromatic carbocycles. The van der Waals surface area contributed by atoms with Gasteiger partial charge in [0.15, 0.2) is 0 Å². The molecule has 0 amide bonds. The first-order valence-electron chi connectivity index (χ1n) is 5.22. The fourth-order valence-electron chi connectivity index (χ4n) is 1.28. The fourth-order valence-corrected chi connectivity index (χ4v) is 1.28. The second kappa shape index (κ2) is 8.11. The summed E-state index contributed by atoms with van der Waals surface area (Å²) < 4.78 is 17.6. The molecule has 2 N–H and O–H groups in total. The Labute approximate surface area is 105 Å². The summed E-state index contributed by atoms with van der Waals surface area (Å²) in [6, 6.07) is 6.38. The van der Waals surface area contributed by atoms with Gasteiger partial charge in [-0.3, -0.25) is 9.35 Å². The molecule has 0 aliphatic heterocycles. The van der Waals surface area contributed by atoms with Crippen LogP contribution in [-0.4, -0.2) is 14.5 Å². The summed E-state index contributed by atoms with van der Waals surface area (Å²) in [5.41, 5.74) is 3.88. The molecule has 0 radical (unpaired) electrons. The van der Waals surface area contributed by atoms with Gasteiger partial charge in [-0.2, -0.15) is 0 Å². The van der Waals surface area contributed by atoms with Gasteiger partial charge in [-0.15, -0.1) is 0 Å². The van der Waals surface area contributed by atoms with Crippen LogP contribution in [0.2, 0.25) is 0 Å². The summed E-state index contributed by atoms with van der Waals surface area (Å²) in [5.74, 6) is 0.262. The predicted molar refractivity (Wildman–Crippen MR) is 68.0 cm³/mol. The van der Waals surface area contributed by atoms with Crippen LogP contribution in [0.25, 0.3) is 0 Å². The smallest absolute Gasteiger partial charge is 0.130 e. The Kier molecular flexibility index (Phi) is 7.61. The first-order chi connectivity index (χ1) is 7.82. The third-order valence-corrected chi connectivity index (χ3v) is 2.34. The summed E-state index contributed by atoms with van der Waals surface area (Å²) in [6.07, 6.45) is 1.53. The lowest BCUT2D eigenvalue weighted by molar-refractivity contribution is -0.116. The highest BCUT2D eigenvalue weighted by Gasteiger charge is 1.98. The van der Waals surface area contributed by atoms with Crippen LogP contribution in [0.5, 0.6) is 0 Å². The first-order valence-corrected chi connectivity index (χ1v) is 6.36. The topological polar surface area (TPSA) is 83.2 Å². The van der Waals surface area contributed by atoms with Gasteiger partial charge in [-0.05, 0) is 43.9 Å². The highest BCUT2D eigenvalue weighted by Crippen LogP contribution is 2.11. The van der Waals surface area contributed by atoms with Crippen LogP contribution < -0.4 is 5.14 Å². The second-order valence-electron chi connectivity index (χ2n) is 3.88. The number of carbonyl (C=O) groups excluding carboxylic acids is 1. The average Bonchev–Trinajstić information content (AvgIpc) is 2.19. The molecular formula is C12H18NO3S-. The Morgan fingerprint density at radius 1 is 1.35 bits per heavy atom. The van der Waals surface area contributed by atoms with Crippen molar-refractivity contribution in [3.8, 4) is 0 Å². The molecule has 0 bridgehead atoms. The van der Waals surface area contributed by atoms with Crippen molar-refractivity contribution >= 4 is 17.0 Å². The lowest BCUT2D eigenvalue weighted by Crippen LogP contribution is -1.97. The summed E-state index contributed by atoms with van der Waals surface area (Å²) in [4.78, 5) is 10.8. The zero-order chi connectivity index (χ0) is 13.4. The SMILES string of the molecule is CC(=O)CCc1ccc(C)c(C)c1.NS(=O)[O-]. The lowest BCUT2D eigenvalue weighted by atomic mass is 10.0. The summed E-state index contributed by atoms with van der Waals surface area (Å²) in [7, 11) is 0. The number of ketones is 1. The minimum Gasteiger partial charge on any atom is -0.760 e. The number of benzene rings is 1. The molecule has 0 aliphatic carbocycles. The van der Waals surface area contributed by atoms with E-state index in [1.54, 1.807) is 6.92 Å². The number of rotatable bonds is 3. The molecule has 0 saturated heterocycles. The van der Waals surface area contributed by atoms with Gasteiger partial charge in [0.1, 0.15) is 5.78 Å². The van der Waals surface area contributed by atoms with Crippen LogP contribution in [-0.2, 0) is 22.5 Å². The molecule has 1 atom stereocenters. The zero-order valence-electron chi connectivity index (χ0n) is 10.4. The average molecular weight is 256 g/mol.